The number of halogens is 2. The number of anilines is 2. The van der Waals surface area contributed by atoms with Crippen LogP contribution in [0, 0.1) is 6.92 Å². The lowest BCUT2D eigenvalue weighted by molar-refractivity contribution is -0.116. The highest BCUT2D eigenvalue weighted by atomic mass is 35.5. The Hall–Kier alpha value is -1.76. The zero-order valence-corrected chi connectivity index (χ0v) is 15.0. The van der Waals surface area contributed by atoms with Crippen LogP contribution in [0.2, 0.25) is 10.0 Å². The Balaban J connectivity index is 1.93. The van der Waals surface area contributed by atoms with Gasteiger partial charge in [-0.15, -0.1) is 0 Å². The van der Waals surface area contributed by atoms with E-state index in [1.165, 1.54) is 12.1 Å². The predicted octanol–water partition coefficient (Wildman–Crippen LogP) is 3.99. The maximum Gasteiger partial charge on any atom is 0.263 e. The fourth-order valence-corrected chi connectivity index (χ4v) is 4.38. The smallest absolute Gasteiger partial charge is 0.263 e. The van der Waals surface area contributed by atoms with Crippen LogP contribution in [0.15, 0.2) is 35.2 Å². The van der Waals surface area contributed by atoms with Crippen molar-refractivity contribution in [2.24, 2.45) is 0 Å². The largest absolute Gasteiger partial charge is 0.326 e. The molecule has 2 N–H and O–H groups in total. The second kappa shape index (κ2) is 6.27. The molecule has 0 bridgehead atoms. The molecule has 0 saturated carbocycles. The molecular formula is C16H14Cl2N2O3S. The zero-order valence-electron chi connectivity index (χ0n) is 12.7. The second-order valence-electron chi connectivity index (χ2n) is 5.56. The van der Waals surface area contributed by atoms with Crippen LogP contribution in [0.1, 0.15) is 17.5 Å². The summed E-state index contributed by atoms with van der Waals surface area (Å²) >= 11 is 12.0. The number of hydrogen-bond donors (Lipinski definition) is 2. The summed E-state index contributed by atoms with van der Waals surface area (Å²) < 4.78 is 27.7. The molecule has 2 aromatic carbocycles. The third-order valence-corrected chi connectivity index (χ3v) is 6.01. The minimum Gasteiger partial charge on any atom is -0.326 e. The lowest BCUT2D eigenvalue weighted by Gasteiger charge is -2.18. The molecule has 0 radical (unpaired) electrons. The first-order valence-electron chi connectivity index (χ1n) is 7.17. The zero-order chi connectivity index (χ0) is 17.5. The molecule has 0 aromatic heterocycles. The third-order valence-electron chi connectivity index (χ3n) is 3.76. The number of aryl methyl sites for hydroxylation is 2. The van der Waals surface area contributed by atoms with Crippen LogP contribution < -0.4 is 10.0 Å². The van der Waals surface area contributed by atoms with Crippen molar-refractivity contribution in [1.82, 2.24) is 0 Å². The molecule has 24 heavy (non-hydrogen) atoms. The van der Waals surface area contributed by atoms with E-state index in [-0.39, 0.29) is 15.8 Å². The molecule has 0 fully saturated rings. The van der Waals surface area contributed by atoms with E-state index < -0.39 is 10.0 Å². The van der Waals surface area contributed by atoms with E-state index in [2.05, 4.69) is 10.0 Å². The summed E-state index contributed by atoms with van der Waals surface area (Å²) in [6, 6.07) is 7.83. The Labute approximate surface area is 150 Å². The Morgan fingerprint density at radius 3 is 2.58 bits per heavy atom. The van der Waals surface area contributed by atoms with Crippen LogP contribution in [-0.4, -0.2) is 14.3 Å². The normalized spacial score (nSPS) is 14.0. The van der Waals surface area contributed by atoms with Crippen LogP contribution in [0.5, 0.6) is 0 Å². The van der Waals surface area contributed by atoms with E-state index in [0.29, 0.717) is 34.8 Å². The lowest BCUT2D eigenvalue weighted by Crippen LogP contribution is -2.19. The van der Waals surface area contributed by atoms with Crippen molar-refractivity contribution in [2.75, 3.05) is 10.0 Å². The number of hydrogen-bond acceptors (Lipinski definition) is 3. The van der Waals surface area contributed by atoms with Gasteiger partial charge in [-0.2, -0.15) is 0 Å². The van der Waals surface area contributed by atoms with E-state index in [1.54, 1.807) is 25.1 Å². The fraction of sp³-hybridized carbons (Fsp3) is 0.188. The van der Waals surface area contributed by atoms with E-state index in [1.807, 2.05) is 0 Å². The Bertz CT molecular complexity index is 943. The second-order valence-corrected chi connectivity index (χ2v) is 8.02. The van der Waals surface area contributed by atoms with Crippen LogP contribution in [-0.2, 0) is 21.2 Å². The monoisotopic (exact) mass is 384 g/mol. The van der Waals surface area contributed by atoms with Crippen LogP contribution in [0.3, 0.4) is 0 Å². The average Bonchev–Trinajstić information content (AvgIpc) is 2.50. The standard InChI is InChI=1S/C16H14Cl2N2O3S/c1-9-6-15(13(18)8-12(9)17)24(22,23)20-11-3-4-14-10(7-11)2-5-16(21)19-14/h3-4,6-8,20H,2,5H2,1H3,(H,19,21). The highest BCUT2D eigenvalue weighted by Gasteiger charge is 2.21. The van der Waals surface area contributed by atoms with Gasteiger partial charge in [0.1, 0.15) is 4.90 Å². The summed E-state index contributed by atoms with van der Waals surface area (Å²) in [6.07, 6.45) is 0.947. The molecule has 1 aliphatic rings. The molecule has 1 amide bonds. The Morgan fingerprint density at radius 2 is 1.83 bits per heavy atom. The van der Waals surface area contributed by atoms with Gasteiger partial charge < -0.3 is 5.32 Å². The van der Waals surface area contributed by atoms with Gasteiger partial charge in [-0.1, -0.05) is 23.2 Å². The van der Waals surface area contributed by atoms with Gasteiger partial charge in [0.25, 0.3) is 10.0 Å². The van der Waals surface area contributed by atoms with E-state index >= 15 is 0 Å². The number of benzene rings is 2. The third kappa shape index (κ3) is 3.36. The van der Waals surface area contributed by atoms with Crippen molar-refractivity contribution in [3.05, 3.63) is 51.5 Å². The molecular weight excluding hydrogens is 371 g/mol. The SMILES string of the molecule is Cc1cc(S(=O)(=O)Nc2ccc3c(c2)CCC(=O)N3)c(Cl)cc1Cl. The van der Waals surface area contributed by atoms with Crippen LogP contribution >= 0.6 is 23.2 Å². The molecule has 0 saturated heterocycles. The number of sulfonamides is 1. The number of carbonyl (C=O) groups excluding carboxylic acids is 1. The lowest BCUT2D eigenvalue weighted by atomic mass is 10.0. The summed E-state index contributed by atoms with van der Waals surface area (Å²) in [6.45, 7) is 1.71. The van der Waals surface area contributed by atoms with Crippen molar-refractivity contribution in [1.29, 1.82) is 0 Å². The van der Waals surface area contributed by atoms with Gasteiger partial charge in [0.15, 0.2) is 0 Å². The molecule has 5 nitrogen and oxygen atoms in total. The highest BCUT2D eigenvalue weighted by molar-refractivity contribution is 7.92. The average molecular weight is 385 g/mol. The number of carbonyl (C=O) groups is 1. The van der Waals surface area contributed by atoms with Gasteiger partial charge in [0.05, 0.1) is 5.02 Å². The van der Waals surface area contributed by atoms with Gasteiger partial charge in [0, 0.05) is 22.8 Å². The van der Waals surface area contributed by atoms with E-state index in [4.69, 9.17) is 23.2 Å². The number of nitrogens with one attached hydrogen (secondary N) is 2. The topological polar surface area (TPSA) is 75.3 Å². The van der Waals surface area contributed by atoms with Gasteiger partial charge in [0.2, 0.25) is 5.91 Å². The predicted molar refractivity (Wildman–Crippen MR) is 95.4 cm³/mol. The van der Waals surface area contributed by atoms with Crippen LogP contribution in [0.25, 0.3) is 0 Å². The summed E-state index contributed by atoms with van der Waals surface area (Å²) in [5.41, 5.74) is 2.62. The first kappa shape index (κ1) is 17.1. The first-order valence-corrected chi connectivity index (χ1v) is 9.41. The van der Waals surface area contributed by atoms with E-state index in [9.17, 15) is 13.2 Å². The van der Waals surface area contributed by atoms with E-state index in [0.717, 1.165) is 5.56 Å². The summed E-state index contributed by atoms with van der Waals surface area (Å²) in [5, 5.41) is 3.22. The maximum atomic E-state index is 12.6. The molecule has 0 aliphatic carbocycles. The number of rotatable bonds is 3. The molecule has 126 valence electrons. The summed E-state index contributed by atoms with van der Waals surface area (Å²) in [7, 11) is -3.85. The van der Waals surface area contributed by atoms with Crippen LogP contribution in [0.4, 0.5) is 11.4 Å². The Morgan fingerprint density at radius 1 is 1.08 bits per heavy atom. The van der Waals surface area contributed by atoms with Gasteiger partial charge >= 0.3 is 0 Å². The molecule has 8 heteroatoms. The number of amides is 1. The van der Waals surface area contributed by atoms with Crippen molar-refractivity contribution < 1.29 is 13.2 Å². The molecule has 2 aromatic rings. The summed E-state index contributed by atoms with van der Waals surface area (Å²) in [4.78, 5) is 11.3. The molecule has 0 atom stereocenters. The Kier molecular flexibility index (Phi) is 4.46. The van der Waals surface area contributed by atoms with Crippen molar-refractivity contribution in [3.8, 4) is 0 Å². The fourth-order valence-electron chi connectivity index (χ4n) is 2.49. The van der Waals surface area contributed by atoms with Crippen molar-refractivity contribution in [3.63, 3.8) is 0 Å². The van der Waals surface area contributed by atoms with Gasteiger partial charge in [-0.05, 0) is 54.8 Å². The number of fused-ring (bicyclic) bond motifs is 1. The minimum absolute atomic E-state index is 0.0305. The molecule has 1 heterocycles. The summed E-state index contributed by atoms with van der Waals surface area (Å²) in [5.74, 6) is -0.0424. The van der Waals surface area contributed by atoms with Gasteiger partial charge in [-0.25, -0.2) is 8.42 Å². The maximum absolute atomic E-state index is 12.6. The quantitative estimate of drug-likeness (QED) is 0.839. The first-order chi connectivity index (χ1) is 11.3. The molecule has 3 rings (SSSR count). The molecule has 0 unspecified atom stereocenters. The van der Waals surface area contributed by atoms with Crippen molar-refractivity contribution in [2.45, 2.75) is 24.7 Å². The van der Waals surface area contributed by atoms with Gasteiger partial charge in [-0.3, -0.25) is 9.52 Å². The minimum atomic E-state index is -3.85. The molecule has 0 spiro atoms. The molecule has 1 aliphatic heterocycles. The van der Waals surface area contributed by atoms with Crippen molar-refractivity contribution >= 4 is 50.5 Å². The highest BCUT2D eigenvalue weighted by Crippen LogP contribution is 2.31.